The van der Waals surface area contributed by atoms with Gasteiger partial charge in [-0.15, -0.1) is 0 Å². The fourth-order valence-electron chi connectivity index (χ4n) is 3.83. The zero-order valence-electron chi connectivity index (χ0n) is 21.8. The first kappa shape index (κ1) is 26.7. The zero-order chi connectivity index (χ0) is 26.2. The molecule has 0 aliphatic carbocycles. The monoisotopic (exact) mass is 484 g/mol. The molecule has 0 N–H and O–H groups in total. The zero-order valence-corrected chi connectivity index (χ0v) is 21.8. The lowest BCUT2D eigenvalue weighted by Gasteiger charge is -2.27. The largest absolute Gasteiger partial charge is 0.488 e. The van der Waals surface area contributed by atoms with Gasteiger partial charge >= 0.3 is 6.18 Å². The molecule has 0 fully saturated rings. The summed E-state index contributed by atoms with van der Waals surface area (Å²) in [6, 6.07) is 19.5. The van der Waals surface area contributed by atoms with E-state index in [2.05, 4.69) is 13.8 Å². The molecule has 188 valence electrons. The van der Waals surface area contributed by atoms with Gasteiger partial charge in [-0.05, 0) is 79.3 Å². The number of ether oxygens (including phenoxy) is 2. The molecule has 0 amide bonds. The maximum absolute atomic E-state index is 13.8. The predicted octanol–water partition coefficient (Wildman–Crippen LogP) is 9.30. The molecule has 0 unspecified atom stereocenters. The Morgan fingerprint density at radius 2 is 1.03 bits per heavy atom. The lowest BCUT2D eigenvalue weighted by atomic mass is 9.78. The fourth-order valence-corrected chi connectivity index (χ4v) is 3.83. The summed E-state index contributed by atoms with van der Waals surface area (Å²) in [5.74, 6) is 0.957. The van der Waals surface area contributed by atoms with Gasteiger partial charge in [0.2, 0.25) is 0 Å². The molecule has 0 saturated carbocycles. The van der Waals surface area contributed by atoms with Crippen molar-refractivity contribution in [1.82, 2.24) is 0 Å². The molecule has 3 aromatic rings. The summed E-state index contributed by atoms with van der Waals surface area (Å²) in [5.41, 5.74) is 0.970. The van der Waals surface area contributed by atoms with Crippen molar-refractivity contribution in [1.29, 1.82) is 0 Å². The molecule has 0 spiro atoms. The van der Waals surface area contributed by atoms with Crippen LogP contribution in [-0.2, 0) is 17.0 Å². The van der Waals surface area contributed by atoms with Crippen molar-refractivity contribution in [2.75, 3.05) is 0 Å². The number of alkyl halides is 3. The molecule has 0 heterocycles. The van der Waals surface area contributed by atoms with E-state index < -0.39 is 17.2 Å². The Morgan fingerprint density at radius 1 is 0.571 bits per heavy atom. The lowest BCUT2D eigenvalue weighted by Crippen LogP contribution is -2.23. The second-order valence-corrected chi connectivity index (χ2v) is 11.4. The standard InChI is InChI=1S/C30H35F3O2/c1-27(2,3)22-13-18-26(25(19-22)30(31,32)33)34-23-14-9-20(10-15-23)29(7,8)21-11-16-24(17-12-21)35-28(4,5)6/h9-19H,1-8H3. The molecule has 3 rings (SSSR count). The Labute approximate surface area is 207 Å². The molecule has 3 aromatic carbocycles. The number of hydrogen-bond acceptors (Lipinski definition) is 2. The molecule has 0 atom stereocenters. The fraction of sp³-hybridized carbons (Fsp3) is 0.400. The van der Waals surface area contributed by atoms with Crippen LogP contribution in [-0.4, -0.2) is 5.60 Å². The minimum Gasteiger partial charge on any atom is -0.488 e. The number of rotatable bonds is 5. The highest BCUT2D eigenvalue weighted by molar-refractivity contribution is 5.46. The van der Waals surface area contributed by atoms with Crippen LogP contribution in [0.1, 0.15) is 77.6 Å². The van der Waals surface area contributed by atoms with Crippen molar-refractivity contribution in [2.45, 2.75) is 78.0 Å². The third-order valence-electron chi connectivity index (χ3n) is 5.95. The van der Waals surface area contributed by atoms with E-state index in [0.717, 1.165) is 16.9 Å². The Hall–Kier alpha value is -2.95. The molecule has 0 aromatic heterocycles. The van der Waals surface area contributed by atoms with E-state index in [1.165, 1.54) is 12.1 Å². The molecule has 0 radical (unpaired) electrons. The van der Waals surface area contributed by atoms with Crippen molar-refractivity contribution in [3.05, 3.63) is 89.0 Å². The summed E-state index contributed by atoms with van der Waals surface area (Å²) in [7, 11) is 0. The van der Waals surface area contributed by atoms with Crippen molar-refractivity contribution < 1.29 is 22.6 Å². The van der Waals surface area contributed by atoms with Gasteiger partial charge in [-0.25, -0.2) is 0 Å². The van der Waals surface area contributed by atoms with Crippen LogP contribution < -0.4 is 9.47 Å². The predicted molar refractivity (Wildman–Crippen MR) is 136 cm³/mol. The van der Waals surface area contributed by atoms with Gasteiger partial charge in [0, 0.05) is 5.41 Å². The first-order chi connectivity index (χ1) is 16.0. The summed E-state index contributed by atoms with van der Waals surface area (Å²) < 4.78 is 52.9. The summed E-state index contributed by atoms with van der Waals surface area (Å²) >= 11 is 0. The Balaban J connectivity index is 1.84. The van der Waals surface area contributed by atoms with Crippen LogP contribution in [0.2, 0.25) is 0 Å². The number of benzene rings is 3. The maximum atomic E-state index is 13.8. The minimum absolute atomic E-state index is 0.202. The number of halogens is 3. The highest BCUT2D eigenvalue weighted by Gasteiger charge is 2.36. The van der Waals surface area contributed by atoms with Crippen LogP contribution in [0, 0.1) is 0 Å². The smallest absolute Gasteiger partial charge is 0.419 e. The van der Waals surface area contributed by atoms with Gasteiger partial charge in [0.25, 0.3) is 0 Å². The van der Waals surface area contributed by atoms with Crippen molar-refractivity contribution in [3.8, 4) is 17.2 Å². The SMILES string of the molecule is CC(C)(C)Oc1ccc(C(C)(C)c2ccc(Oc3ccc(C(C)(C)C)cc3C(F)(F)F)cc2)cc1. The van der Waals surface area contributed by atoms with Crippen LogP contribution in [0.5, 0.6) is 17.2 Å². The lowest BCUT2D eigenvalue weighted by molar-refractivity contribution is -0.138. The molecular formula is C30H35F3O2. The van der Waals surface area contributed by atoms with Crippen LogP contribution in [0.15, 0.2) is 66.7 Å². The van der Waals surface area contributed by atoms with E-state index in [1.54, 1.807) is 18.2 Å². The molecule has 0 saturated heterocycles. The molecular weight excluding hydrogens is 449 g/mol. The van der Waals surface area contributed by atoms with Crippen LogP contribution in [0.4, 0.5) is 13.2 Å². The third-order valence-corrected chi connectivity index (χ3v) is 5.95. The van der Waals surface area contributed by atoms with Crippen molar-refractivity contribution in [3.63, 3.8) is 0 Å². The van der Waals surface area contributed by atoms with Crippen molar-refractivity contribution in [2.24, 2.45) is 0 Å². The molecule has 0 aliphatic heterocycles. The molecule has 5 heteroatoms. The van der Waals surface area contributed by atoms with Crippen LogP contribution in [0.3, 0.4) is 0 Å². The van der Waals surface area contributed by atoms with E-state index in [0.29, 0.717) is 11.3 Å². The van der Waals surface area contributed by atoms with E-state index >= 15 is 0 Å². The summed E-state index contributed by atoms with van der Waals surface area (Å²) in [6.07, 6.45) is -4.51. The van der Waals surface area contributed by atoms with Crippen LogP contribution in [0.25, 0.3) is 0 Å². The van der Waals surface area contributed by atoms with Gasteiger partial charge in [0.05, 0.1) is 5.56 Å². The van der Waals surface area contributed by atoms with Gasteiger partial charge in [-0.2, -0.15) is 13.2 Å². The highest BCUT2D eigenvalue weighted by Crippen LogP contribution is 2.41. The highest BCUT2D eigenvalue weighted by atomic mass is 19.4. The maximum Gasteiger partial charge on any atom is 0.419 e. The molecule has 35 heavy (non-hydrogen) atoms. The van der Waals surface area contributed by atoms with E-state index in [9.17, 15) is 13.2 Å². The first-order valence-electron chi connectivity index (χ1n) is 11.8. The Bertz CT molecular complexity index is 1140. The van der Waals surface area contributed by atoms with Gasteiger partial charge in [0.15, 0.2) is 0 Å². The van der Waals surface area contributed by atoms with Gasteiger partial charge in [-0.1, -0.05) is 65.0 Å². The minimum atomic E-state index is -4.51. The van der Waals surface area contributed by atoms with Gasteiger partial charge in [0.1, 0.15) is 22.8 Å². The van der Waals surface area contributed by atoms with E-state index in [4.69, 9.17) is 9.47 Å². The molecule has 0 aliphatic rings. The van der Waals surface area contributed by atoms with Gasteiger partial charge < -0.3 is 9.47 Å². The average Bonchev–Trinajstić information content (AvgIpc) is 2.72. The average molecular weight is 485 g/mol. The Morgan fingerprint density at radius 3 is 1.46 bits per heavy atom. The quantitative estimate of drug-likeness (QED) is 0.359. The summed E-state index contributed by atoms with van der Waals surface area (Å²) in [5, 5.41) is 0. The molecule has 0 bridgehead atoms. The molecule has 2 nitrogen and oxygen atoms in total. The van der Waals surface area contributed by atoms with E-state index in [1.807, 2.05) is 77.9 Å². The topological polar surface area (TPSA) is 18.5 Å². The second-order valence-electron chi connectivity index (χ2n) is 11.4. The summed E-state index contributed by atoms with van der Waals surface area (Å²) in [4.78, 5) is 0. The van der Waals surface area contributed by atoms with Crippen LogP contribution >= 0.6 is 0 Å². The number of hydrogen-bond donors (Lipinski definition) is 0. The second kappa shape index (κ2) is 9.25. The van der Waals surface area contributed by atoms with E-state index in [-0.39, 0.29) is 16.8 Å². The Kier molecular flexibility index (Phi) is 7.05. The normalized spacial score (nSPS) is 13.0. The van der Waals surface area contributed by atoms with Crippen molar-refractivity contribution >= 4 is 0 Å². The third kappa shape index (κ3) is 6.59. The summed E-state index contributed by atoms with van der Waals surface area (Å²) in [6.45, 7) is 15.9. The first-order valence-corrected chi connectivity index (χ1v) is 11.8. The van der Waals surface area contributed by atoms with Gasteiger partial charge in [-0.3, -0.25) is 0 Å².